The molecule has 2 amide bonds. The van der Waals surface area contributed by atoms with Crippen molar-refractivity contribution >= 4 is 17.5 Å². The lowest BCUT2D eigenvalue weighted by atomic mass is 10.3. The van der Waals surface area contributed by atoms with Gasteiger partial charge in [-0.25, -0.2) is 0 Å². The Morgan fingerprint density at radius 2 is 2.04 bits per heavy atom. The van der Waals surface area contributed by atoms with E-state index in [0.29, 0.717) is 0 Å². The molecule has 24 heavy (non-hydrogen) atoms. The van der Waals surface area contributed by atoms with Gasteiger partial charge in [-0.1, -0.05) is 0 Å². The number of nitrogens with zero attached hydrogens (tertiary/aromatic N) is 4. The van der Waals surface area contributed by atoms with E-state index in [9.17, 15) is 22.8 Å². The van der Waals surface area contributed by atoms with Crippen LogP contribution in [0.4, 0.5) is 18.9 Å². The van der Waals surface area contributed by atoms with Crippen molar-refractivity contribution < 1.29 is 22.8 Å². The summed E-state index contributed by atoms with van der Waals surface area (Å²) in [5.74, 6) is -1.27. The lowest BCUT2D eigenvalue weighted by Gasteiger charge is -2.07. The highest BCUT2D eigenvalue weighted by atomic mass is 19.4. The molecule has 0 saturated carbocycles. The van der Waals surface area contributed by atoms with E-state index < -0.39 is 23.7 Å². The van der Waals surface area contributed by atoms with Gasteiger partial charge in [0.2, 0.25) is 5.91 Å². The number of nitrogens with one attached hydrogen (secondary N) is 1. The Balaban J connectivity index is 2.02. The highest BCUT2D eigenvalue weighted by Crippen LogP contribution is 2.28. The Morgan fingerprint density at radius 1 is 1.38 bits per heavy atom. The lowest BCUT2D eigenvalue weighted by molar-refractivity contribution is -0.141. The summed E-state index contributed by atoms with van der Waals surface area (Å²) in [4.78, 5) is 23.2. The molecule has 11 heteroatoms. The number of hydrogen-bond acceptors (Lipinski definition) is 4. The van der Waals surface area contributed by atoms with Crippen molar-refractivity contribution in [2.75, 3.05) is 5.32 Å². The first-order valence-electron chi connectivity index (χ1n) is 6.83. The minimum Gasteiger partial charge on any atom is -0.364 e. The number of aryl methyl sites for hydroxylation is 3. The molecule has 3 N–H and O–H groups in total. The van der Waals surface area contributed by atoms with Gasteiger partial charge in [-0.2, -0.15) is 23.4 Å². The molecule has 130 valence electrons. The number of nitrogens with two attached hydrogens (primary N) is 1. The van der Waals surface area contributed by atoms with Gasteiger partial charge >= 0.3 is 6.18 Å². The van der Waals surface area contributed by atoms with Gasteiger partial charge in [0.1, 0.15) is 5.69 Å². The van der Waals surface area contributed by atoms with E-state index in [1.807, 2.05) is 0 Å². The lowest BCUT2D eigenvalue weighted by Crippen LogP contribution is -2.21. The molecule has 2 aromatic heterocycles. The molecular weight excluding hydrogens is 329 g/mol. The average Bonchev–Trinajstić information content (AvgIpc) is 2.99. The van der Waals surface area contributed by atoms with Crippen molar-refractivity contribution in [2.24, 2.45) is 12.8 Å². The summed E-state index contributed by atoms with van der Waals surface area (Å²) in [7, 11) is 1.49. The maximum atomic E-state index is 12.6. The predicted molar refractivity (Wildman–Crippen MR) is 76.9 cm³/mol. The minimum absolute atomic E-state index is 0.0259. The van der Waals surface area contributed by atoms with Crippen LogP contribution >= 0.6 is 0 Å². The van der Waals surface area contributed by atoms with Crippen molar-refractivity contribution in [1.29, 1.82) is 0 Å². The van der Waals surface area contributed by atoms with E-state index in [1.165, 1.54) is 24.9 Å². The van der Waals surface area contributed by atoms with Crippen LogP contribution < -0.4 is 11.1 Å². The van der Waals surface area contributed by atoms with Crippen molar-refractivity contribution in [1.82, 2.24) is 19.6 Å². The summed E-state index contributed by atoms with van der Waals surface area (Å²) < 4.78 is 40.1. The second kappa shape index (κ2) is 6.34. The number of carbonyl (C=O) groups excluding carboxylic acids is 2. The topological polar surface area (TPSA) is 108 Å². The Kier molecular flexibility index (Phi) is 4.62. The molecular formula is C13H15F3N6O2. The van der Waals surface area contributed by atoms with Crippen molar-refractivity contribution in [3.05, 3.63) is 29.3 Å². The fraction of sp³-hybridized carbons (Fsp3) is 0.385. The van der Waals surface area contributed by atoms with E-state index in [2.05, 4.69) is 15.5 Å². The molecule has 0 saturated heterocycles. The van der Waals surface area contributed by atoms with E-state index in [-0.39, 0.29) is 30.0 Å². The average molecular weight is 344 g/mol. The summed E-state index contributed by atoms with van der Waals surface area (Å²) in [6.45, 7) is 1.42. The van der Waals surface area contributed by atoms with Gasteiger partial charge in [0.25, 0.3) is 5.91 Å². The number of amides is 2. The highest BCUT2D eigenvalue weighted by molar-refractivity contribution is 6.01. The van der Waals surface area contributed by atoms with Crippen LogP contribution in [-0.2, 0) is 24.6 Å². The third kappa shape index (κ3) is 3.73. The molecule has 0 aliphatic heterocycles. The standard InChI is InChI=1S/C13H15F3N6O2/c1-7-5-9(13(14,15)16)20-22(7)4-3-10(23)19-8-6-18-21(2)11(8)12(17)24/h5-6H,3-4H2,1-2H3,(H2,17,24)(H,19,23). The molecule has 0 aliphatic carbocycles. The maximum absolute atomic E-state index is 12.6. The van der Waals surface area contributed by atoms with E-state index in [4.69, 9.17) is 5.73 Å². The molecule has 2 aromatic rings. The first kappa shape index (κ1) is 17.5. The number of carbonyl (C=O) groups is 2. The largest absolute Gasteiger partial charge is 0.435 e. The van der Waals surface area contributed by atoms with Gasteiger partial charge in [0.05, 0.1) is 11.9 Å². The summed E-state index contributed by atoms with van der Waals surface area (Å²) in [6, 6.07) is 0.907. The van der Waals surface area contributed by atoms with E-state index >= 15 is 0 Å². The highest BCUT2D eigenvalue weighted by Gasteiger charge is 2.34. The molecule has 0 aromatic carbocycles. The van der Waals surface area contributed by atoms with Gasteiger partial charge in [0.15, 0.2) is 5.69 Å². The fourth-order valence-corrected chi connectivity index (χ4v) is 2.12. The van der Waals surface area contributed by atoms with Crippen LogP contribution in [0, 0.1) is 6.92 Å². The zero-order chi connectivity index (χ0) is 18.1. The molecule has 8 nitrogen and oxygen atoms in total. The number of halogens is 3. The third-order valence-corrected chi connectivity index (χ3v) is 3.27. The van der Waals surface area contributed by atoms with Crippen LogP contribution in [-0.4, -0.2) is 31.4 Å². The maximum Gasteiger partial charge on any atom is 0.435 e. The Morgan fingerprint density at radius 3 is 2.58 bits per heavy atom. The molecule has 0 bridgehead atoms. The van der Waals surface area contributed by atoms with Crippen LogP contribution in [0.2, 0.25) is 0 Å². The fourth-order valence-electron chi connectivity index (χ4n) is 2.12. The SMILES string of the molecule is Cc1cc(C(F)(F)F)nn1CCC(=O)Nc1cnn(C)c1C(N)=O. The molecule has 0 atom stereocenters. The Labute approximate surface area is 134 Å². The zero-order valence-electron chi connectivity index (χ0n) is 12.9. The van der Waals surface area contributed by atoms with Crippen LogP contribution in [0.25, 0.3) is 0 Å². The molecule has 0 fully saturated rings. The summed E-state index contributed by atoms with van der Waals surface area (Å²) in [5.41, 5.74) is 4.64. The third-order valence-electron chi connectivity index (χ3n) is 3.27. The van der Waals surface area contributed by atoms with Crippen LogP contribution in [0.1, 0.15) is 28.3 Å². The van der Waals surface area contributed by atoms with Gasteiger partial charge < -0.3 is 11.1 Å². The van der Waals surface area contributed by atoms with Crippen LogP contribution in [0.5, 0.6) is 0 Å². The number of hydrogen-bond donors (Lipinski definition) is 2. The normalized spacial score (nSPS) is 11.5. The van der Waals surface area contributed by atoms with Crippen LogP contribution in [0.15, 0.2) is 12.3 Å². The second-order valence-corrected chi connectivity index (χ2v) is 5.08. The number of rotatable bonds is 5. The monoisotopic (exact) mass is 344 g/mol. The van der Waals surface area contributed by atoms with Gasteiger partial charge in [-0.05, 0) is 13.0 Å². The minimum atomic E-state index is -4.54. The molecule has 0 radical (unpaired) electrons. The predicted octanol–water partition coefficient (Wildman–Crippen LogP) is 1.07. The molecule has 0 unspecified atom stereocenters. The van der Waals surface area contributed by atoms with Gasteiger partial charge in [0, 0.05) is 25.7 Å². The van der Waals surface area contributed by atoms with Crippen molar-refractivity contribution in [2.45, 2.75) is 26.1 Å². The van der Waals surface area contributed by atoms with Gasteiger partial charge in [-0.3, -0.25) is 19.0 Å². The molecule has 0 spiro atoms. The molecule has 2 heterocycles. The first-order chi connectivity index (χ1) is 11.1. The molecule has 2 rings (SSSR count). The van der Waals surface area contributed by atoms with E-state index in [1.54, 1.807) is 0 Å². The zero-order valence-corrected chi connectivity index (χ0v) is 12.9. The number of aromatic nitrogens is 4. The number of alkyl halides is 3. The van der Waals surface area contributed by atoms with Gasteiger partial charge in [-0.15, -0.1) is 0 Å². The quantitative estimate of drug-likeness (QED) is 0.846. The number of primary amides is 1. The summed E-state index contributed by atoms with van der Waals surface area (Å²) >= 11 is 0. The van der Waals surface area contributed by atoms with E-state index in [0.717, 1.165) is 10.7 Å². The first-order valence-corrected chi connectivity index (χ1v) is 6.83. The smallest absolute Gasteiger partial charge is 0.364 e. The van der Waals surface area contributed by atoms with Crippen molar-refractivity contribution in [3.63, 3.8) is 0 Å². The Hall–Kier alpha value is -2.85. The molecule has 0 aliphatic rings. The van der Waals surface area contributed by atoms with Crippen molar-refractivity contribution in [3.8, 4) is 0 Å². The van der Waals surface area contributed by atoms with Crippen LogP contribution in [0.3, 0.4) is 0 Å². The summed E-state index contributed by atoms with van der Waals surface area (Å²) in [6.07, 6.45) is -3.41. The second-order valence-electron chi connectivity index (χ2n) is 5.08. The Bertz CT molecular complexity index is 777. The number of anilines is 1. The summed E-state index contributed by atoms with van der Waals surface area (Å²) in [5, 5.41) is 9.70.